The van der Waals surface area contributed by atoms with E-state index in [-0.39, 0.29) is 24.0 Å². The van der Waals surface area contributed by atoms with Gasteiger partial charge in [-0.15, -0.1) is 24.0 Å². The lowest BCUT2D eigenvalue weighted by atomic mass is 10.1. The van der Waals surface area contributed by atoms with Crippen LogP contribution in [0.4, 0.5) is 0 Å². The van der Waals surface area contributed by atoms with Crippen molar-refractivity contribution in [3.8, 4) is 0 Å². The highest BCUT2D eigenvalue weighted by molar-refractivity contribution is 14.0. The molecule has 0 spiro atoms. The van der Waals surface area contributed by atoms with Crippen LogP contribution in [0.3, 0.4) is 0 Å². The lowest BCUT2D eigenvalue weighted by Crippen LogP contribution is -2.38. The Balaban J connectivity index is 0.00000242. The van der Waals surface area contributed by atoms with E-state index in [0.29, 0.717) is 5.25 Å². The highest BCUT2D eigenvalue weighted by atomic mass is 127. The fourth-order valence-electron chi connectivity index (χ4n) is 2.44. The molecule has 0 saturated carbocycles. The standard InChI is InChI=1S/C15H27N5S.HI/c1-3-16-15(18-11-14-7-5-9-21-14)17-8-4-6-13-10-19-20-12(13)2;/h10,14H,3-9,11H2,1-2H3,(H,19,20)(H2,16,17,18);1H. The molecule has 0 radical (unpaired) electrons. The number of aryl methyl sites for hydroxylation is 2. The quantitative estimate of drug-likeness (QED) is 0.266. The van der Waals surface area contributed by atoms with Gasteiger partial charge in [0.1, 0.15) is 0 Å². The Labute approximate surface area is 154 Å². The van der Waals surface area contributed by atoms with Gasteiger partial charge in [0.25, 0.3) is 0 Å². The number of rotatable bonds is 7. The minimum Gasteiger partial charge on any atom is -0.357 e. The van der Waals surface area contributed by atoms with Crippen molar-refractivity contribution in [2.45, 2.75) is 44.8 Å². The highest BCUT2D eigenvalue weighted by Gasteiger charge is 2.14. The molecular formula is C15H28IN5S. The largest absolute Gasteiger partial charge is 0.357 e. The van der Waals surface area contributed by atoms with Crippen LogP contribution in [0.25, 0.3) is 0 Å². The predicted octanol–water partition coefficient (Wildman–Crippen LogP) is 2.72. The predicted molar refractivity (Wildman–Crippen MR) is 107 cm³/mol. The van der Waals surface area contributed by atoms with Gasteiger partial charge < -0.3 is 10.6 Å². The van der Waals surface area contributed by atoms with Crippen LogP contribution in [0.2, 0.25) is 0 Å². The first-order valence-electron chi connectivity index (χ1n) is 7.92. The molecule has 5 nitrogen and oxygen atoms in total. The number of aromatic nitrogens is 2. The molecule has 1 unspecified atom stereocenters. The Bertz CT molecular complexity index is 443. The monoisotopic (exact) mass is 437 g/mol. The van der Waals surface area contributed by atoms with Gasteiger partial charge in [-0.1, -0.05) is 0 Å². The summed E-state index contributed by atoms with van der Waals surface area (Å²) >= 11 is 2.06. The molecule has 22 heavy (non-hydrogen) atoms. The number of hydrogen-bond donors (Lipinski definition) is 3. The summed E-state index contributed by atoms with van der Waals surface area (Å²) in [5, 5.41) is 14.5. The maximum absolute atomic E-state index is 4.70. The summed E-state index contributed by atoms with van der Waals surface area (Å²) < 4.78 is 0. The van der Waals surface area contributed by atoms with Crippen LogP contribution in [-0.4, -0.2) is 46.8 Å². The minimum absolute atomic E-state index is 0. The van der Waals surface area contributed by atoms with E-state index in [4.69, 9.17) is 4.99 Å². The second-order valence-corrected chi connectivity index (χ2v) is 6.81. The van der Waals surface area contributed by atoms with Crippen molar-refractivity contribution < 1.29 is 0 Å². The number of thioether (sulfide) groups is 1. The Morgan fingerprint density at radius 2 is 2.36 bits per heavy atom. The molecule has 7 heteroatoms. The number of nitrogens with zero attached hydrogens (tertiary/aromatic N) is 2. The van der Waals surface area contributed by atoms with Crippen molar-refractivity contribution in [3.05, 3.63) is 17.5 Å². The summed E-state index contributed by atoms with van der Waals surface area (Å²) in [5.41, 5.74) is 2.48. The molecule has 0 aliphatic carbocycles. The Hall–Kier alpha value is -0.440. The molecule has 0 amide bonds. The highest BCUT2D eigenvalue weighted by Crippen LogP contribution is 2.25. The maximum atomic E-state index is 4.70. The molecule has 1 fully saturated rings. The molecule has 2 heterocycles. The van der Waals surface area contributed by atoms with Gasteiger partial charge >= 0.3 is 0 Å². The Kier molecular flexibility index (Phi) is 9.94. The third-order valence-electron chi connectivity index (χ3n) is 3.67. The first-order chi connectivity index (χ1) is 10.3. The second kappa shape index (κ2) is 11.2. The first kappa shape index (κ1) is 19.6. The van der Waals surface area contributed by atoms with E-state index in [1.807, 2.05) is 6.20 Å². The van der Waals surface area contributed by atoms with Crippen molar-refractivity contribution >= 4 is 41.7 Å². The van der Waals surface area contributed by atoms with Crippen LogP contribution in [0, 0.1) is 6.92 Å². The third-order valence-corrected chi connectivity index (χ3v) is 5.05. The van der Waals surface area contributed by atoms with E-state index >= 15 is 0 Å². The fraction of sp³-hybridized carbons (Fsp3) is 0.733. The maximum Gasteiger partial charge on any atom is 0.191 e. The molecule has 0 bridgehead atoms. The van der Waals surface area contributed by atoms with Gasteiger partial charge in [0.05, 0.1) is 12.7 Å². The lowest BCUT2D eigenvalue weighted by Gasteiger charge is -2.12. The van der Waals surface area contributed by atoms with E-state index in [1.54, 1.807) is 0 Å². The van der Waals surface area contributed by atoms with Crippen LogP contribution < -0.4 is 10.6 Å². The Morgan fingerprint density at radius 3 is 3.00 bits per heavy atom. The van der Waals surface area contributed by atoms with Crippen LogP contribution in [0.5, 0.6) is 0 Å². The molecule has 1 aromatic rings. The topological polar surface area (TPSA) is 65.1 Å². The Morgan fingerprint density at radius 1 is 1.50 bits per heavy atom. The number of hydrogen-bond acceptors (Lipinski definition) is 3. The summed E-state index contributed by atoms with van der Waals surface area (Å²) in [4.78, 5) is 4.70. The average Bonchev–Trinajstić information content (AvgIpc) is 3.13. The SMILES string of the molecule is CCNC(=NCC1CCCS1)NCCCc1cn[nH]c1C.I. The van der Waals surface area contributed by atoms with Crippen molar-refractivity contribution in [2.75, 3.05) is 25.4 Å². The van der Waals surface area contributed by atoms with Crippen LogP contribution >= 0.6 is 35.7 Å². The zero-order valence-electron chi connectivity index (χ0n) is 13.5. The second-order valence-electron chi connectivity index (χ2n) is 5.41. The normalized spacial score (nSPS) is 18.1. The molecule has 2 rings (SSSR count). The van der Waals surface area contributed by atoms with Crippen molar-refractivity contribution in [1.29, 1.82) is 0 Å². The zero-order chi connectivity index (χ0) is 14.9. The molecule has 3 N–H and O–H groups in total. The molecule has 1 aromatic heterocycles. The number of halogens is 1. The number of aliphatic imine (C=N–C) groups is 1. The molecule has 126 valence electrons. The van der Waals surface area contributed by atoms with Gasteiger partial charge in [0, 0.05) is 24.0 Å². The summed E-state index contributed by atoms with van der Waals surface area (Å²) in [6.07, 6.45) is 6.72. The lowest BCUT2D eigenvalue weighted by molar-refractivity contribution is 0.732. The fourth-order valence-corrected chi connectivity index (χ4v) is 3.62. The van der Waals surface area contributed by atoms with Crippen molar-refractivity contribution in [3.63, 3.8) is 0 Å². The number of H-pyrrole nitrogens is 1. The van der Waals surface area contributed by atoms with E-state index in [1.165, 1.54) is 29.9 Å². The van der Waals surface area contributed by atoms with E-state index in [2.05, 4.69) is 46.4 Å². The van der Waals surface area contributed by atoms with Gasteiger partial charge in [-0.25, -0.2) is 0 Å². The van der Waals surface area contributed by atoms with Crippen LogP contribution in [0.1, 0.15) is 37.4 Å². The molecule has 1 aliphatic heterocycles. The van der Waals surface area contributed by atoms with Gasteiger partial charge in [0.2, 0.25) is 0 Å². The van der Waals surface area contributed by atoms with Crippen molar-refractivity contribution in [2.24, 2.45) is 4.99 Å². The smallest absolute Gasteiger partial charge is 0.191 e. The number of nitrogens with one attached hydrogen (secondary N) is 3. The molecule has 1 saturated heterocycles. The molecule has 1 aliphatic rings. The van der Waals surface area contributed by atoms with E-state index < -0.39 is 0 Å². The summed E-state index contributed by atoms with van der Waals surface area (Å²) in [6, 6.07) is 0. The molecule has 0 aromatic carbocycles. The van der Waals surface area contributed by atoms with Crippen molar-refractivity contribution in [1.82, 2.24) is 20.8 Å². The first-order valence-corrected chi connectivity index (χ1v) is 8.97. The number of aromatic amines is 1. The average molecular weight is 437 g/mol. The summed E-state index contributed by atoms with van der Waals surface area (Å²) in [5.74, 6) is 2.25. The van der Waals surface area contributed by atoms with Gasteiger partial charge in [-0.05, 0) is 50.8 Å². The van der Waals surface area contributed by atoms with Gasteiger partial charge in [0.15, 0.2) is 5.96 Å². The van der Waals surface area contributed by atoms with Gasteiger partial charge in [-0.3, -0.25) is 10.1 Å². The molecule has 1 atom stereocenters. The zero-order valence-corrected chi connectivity index (χ0v) is 16.7. The van der Waals surface area contributed by atoms with Gasteiger partial charge in [-0.2, -0.15) is 16.9 Å². The van der Waals surface area contributed by atoms with E-state index in [0.717, 1.165) is 38.4 Å². The summed E-state index contributed by atoms with van der Waals surface area (Å²) in [7, 11) is 0. The van der Waals surface area contributed by atoms with Crippen LogP contribution in [0.15, 0.2) is 11.2 Å². The number of guanidine groups is 1. The summed E-state index contributed by atoms with van der Waals surface area (Å²) in [6.45, 7) is 6.95. The third kappa shape index (κ3) is 6.76. The molecular weight excluding hydrogens is 409 g/mol. The van der Waals surface area contributed by atoms with E-state index in [9.17, 15) is 0 Å². The minimum atomic E-state index is 0. The van der Waals surface area contributed by atoms with Crippen LogP contribution in [-0.2, 0) is 6.42 Å².